The molecule has 0 saturated carbocycles. The fraction of sp³-hybridized carbons (Fsp3) is 0.231. The predicted octanol–water partition coefficient (Wildman–Crippen LogP) is 3.27. The molecular weight excluding hydrogens is 184 g/mol. The number of pyridine rings is 2. The van der Waals surface area contributed by atoms with E-state index in [0.717, 1.165) is 11.3 Å². The molecule has 0 radical (unpaired) electrons. The lowest BCUT2D eigenvalue weighted by atomic mass is 10.0. The summed E-state index contributed by atoms with van der Waals surface area (Å²) >= 11 is 0. The van der Waals surface area contributed by atoms with Crippen molar-refractivity contribution in [1.82, 2.24) is 9.97 Å². The highest BCUT2D eigenvalue weighted by Gasteiger charge is 2.02. The second kappa shape index (κ2) is 4.22. The molecule has 0 amide bonds. The van der Waals surface area contributed by atoms with Crippen LogP contribution in [0.3, 0.4) is 0 Å². The lowest BCUT2D eigenvalue weighted by Crippen LogP contribution is -1.90. The van der Waals surface area contributed by atoms with Gasteiger partial charge in [-0.05, 0) is 35.7 Å². The lowest BCUT2D eigenvalue weighted by molar-refractivity contribution is 0.863. The third-order valence-electron chi connectivity index (χ3n) is 2.41. The molecule has 0 fully saturated rings. The van der Waals surface area contributed by atoms with Crippen molar-refractivity contribution in [1.29, 1.82) is 0 Å². The van der Waals surface area contributed by atoms with E-state index < -0.39 is 0 Å². The van der Waals surface area contributed by atoms with Crippen molar-refractivity contribution in [3.05, 3.63) is 48.4 Å². The van der Waals surface area contributed by atoms with Crippen LogP contribution in [0, 0.1) is 0 Å². The number of aromatic nitrogens is 2. The minimum absolute atomic E-state index is 0.531. The summed E-state index contributed by atoms with van der Waals surface area (Å²) in [4.78, 5) is 8.45. The fourth-order valence-corrected chi connectivity index (χ4v) is 1.48. The summed E-state index contributed by atoms with van der Waals surface area (Å²) in [6, 6.07) is 8.14. The quantitative estimate of drug-likeness (QED) is 0.740. The number of nitrogens with zero attached hydrogens (tertiary/aromatic N) is 2. The van der Waals surface area contributed by atoms with E-state index in [1.54, 1.807) is 6.20 Å². The molecule has 2 heteroatoms. The Labute approximate surface area is 90.0 Å². The van der Waals surface area contributed by atoms with E-state index >= 15 is 0 Å². The minimum Gasteiger partial charge on any atom is -0.264 e. The summed E-state index contributed by atoms with van der Waals surface area (Å²) in [7, 11) is 0. The Balaban J connectivity index is 2.42. The van der Waals surface area contributed by atoms with Crippen LogP contribution < -0.4 is 0 Å². The Kier molecular flexibility index (Phi) is 2.77. The topological polar surface area (TPSA) is 25.8 Å². The zero-order valence-corrected chi connectivity index (χ0v) is 9.01. The number of hydrogen-bond acceptors (Lipinski definition) is 2. The monoisotopic (exact) mass is 198 g/mol. The molecule has 76 valence electrons. The second-order valence-electron chi connectivity index (χ2n) is 3.87. The molecule has 0 unspecified atom stereocenters. The first-order chi connectivity index (χ1) is 7.27. The number of rotatable bonds is 2. The smallest absolute Gasteiger partial charge is 0.0720 e. The molecule has 0 aliphatic carbocycles. The Morgan fingerprint density at radius 3 is 2.67 bits per heavy atom. The van der Waals surface area contributed by atoms with E-state index in [4.69, 9.17) is 0 Å². The van der Waals surface area contributed by atoms with Gasteiger partial charge in [-0.1, -0.05) is 13.8 Å². The molecule has 15 heavy (non-hydrogen) atoms. The summed E-state index contributed by atoms with van der Waals surface area (Å²) in [5.74, 6) is 0.531. The van der Waals surface area contributed by atoms with E-state index in [1.165, 1.54) is 5.56 Å². The third kappa shape index (κ3) is 2.21. The van der Waals surface area contributed by atoms with Crippen molar-refractivity contribution >= 4 is 0 Å². The van der Waals surface area contributed by atoms with Crippen molar-refractivity contribution < 1.29 is 0 Å². The van der Waals surface area contributed by atoms with Crippen molar-refractivity contribution in [2.75, 3.05) is 0 Å². The predicted molar refractivity (Wildman–Crippen MR) is 61.6 cm³/mol. The van der Waals surface area contributed by atoms with Gasteiger partial charge in [-0.2, -0.15) is 0 Å². The fourth-order valence-electron chi connectivity index (χ4n) is 1.48. The summed E-state index contributed by atoms with van der Waals surface area (Å²) in [6.07, 6.45) is 5.47. The van der Waals surface area contributed by atoms with Crippen LogP contribution in [0.4, 0.5) is 0 Å². The van der Waals surface area contributed by atoms with Gasteiger partial charge in [0.15, 0.2) is 0 Å². The highest BCUT2D eigenvalue weighted by atomic mass is 14.7. The SMILES string of the molecule is CC(C)c1ccnc(-c2cccnc2)c1. The lowest BCUT2D eigenvalue weighted by Gasteiger charge is -2.06. The molecule has 2 aromatic rings. The van der Waals surface area contributed by atoms with E-state index in [1.807, 2.05) is 24.5 Å². The molecule has 0 N–H and O–H groups in total. The first kappa shape index (κ1) is 9.84. The molecule has 2 aromatic heterocycles. The molecule has 2 nitrogen and oxygen atoms in total. The maximum Gasteiger partial charge on any atom is 0.0720 e. The minimum atomic E-state index is 0.531. The van der Waals surface area contributed by atoms with Crippen LogP contribution in [0.15, 0.2) is 42.9 Å². The van der Waals surface area contributed by atoms with Crippen LogP contribution in [0.5, 0.6) is 0 Å². The maximum atomic E-state index is 4.35. The first-order valence-corrected chi connectivity index (χ1v) is 5.13. The third-order valence-corrected chi connectivity index (χ3v) is 2.41. The molecule has 2 rings (SSSR count). The van der Waals surface area contributed by atoms with Gasteiger partial charge in [0.2, 0.25) is 0 Å². The molecule has 0 saturated heterocycles. The summed E-state index contributed by atoms with van der Waals surface area (Å²) in [5.41, 5.74) is 3.37. The Bertz CT molecular complexity index is 435. The van der Waals surface area contributed by atoms with Gasteiger partial charge in [0.05, 0.1) is 5.69 Å². The summed E-state index contributed by atoms with van der Waals surface area (Å²) < 4.78 is 0. The van der Waals surface area contributed by atoms with Crippen molar-refractivity contribution in [2.24, 2.45) is 0 Å². The van der Waals surface area contributed by atoms with Crippen LogP contribution >= 0.6 is 0 Å². The zero-order chi connectivity index (χ0) is 10.7. The van der Waals surface area contributed by atoms with Gasteiger partial charge >= 0.3 is 0 Å². The highest BCUT2D eigenvalue weighted by molar-refractivity contribution is 5.58. The molecule has 0 bridgehead atoms. The molecule has 0 atom stereocenters. The average Bonchev–Trinajstić information content (AvgIpc) is 2.30. The first-order valence-electron chi connectivity index (χ1n) is 5.13. The Morgan fingerprint density at radius 1 is 1.13 bits per heavy atom. The van der Waals surface area contributed by atoms with E-state index in [9.17, 15) is 0 Å². The van der Waals surface area contributed by atoms with Gasteiger partial charge < -0.3 is 0 Å². The van der Waals surface area contributed by atoms with Crippen molar-refractivity contribution in [2.45, 2.75) is 19.8 Å². The number of hydrogen-bond donors (Lipinski definition) is 0. The second-order valence-corrected chi connectivity index (χ2v) is 3.87. The molecule has 0 spiro atoms. The van der Waals surface area contributed by atoms with Gasteiger partial charge in [0.1, 0.15) is 0 Å². The zero-order valence-electron chi connectivity index (χ0n) is 9.01. The largest absolute Gasteiger partial charge is 0.264 e. The van der Waals surface area contributed by atoms with E-state index in [2.05, 4.69) is 35.9 Å². The molecular formula is C13H14N2. The summed E-state index contributed by atoms with van der Waals surface area (Å²) in [6.45, 7) is 4.37. The molecule has 2 heterocycles. The molecule has 0 aliphatic heterocycles. The normalized spacial score (nSPS) is 10.6. The van der Waals surface area contributed by atoms with Crippen LogP contribution in [0.2, 0.25) is 0 Å². The van der Waals surface area contributed by atoms with Crippen molar-refractivity contribution in [3.63, 3.8) is 0 Å². The van der Waals surface area contributed by atoms with Crippen molar-refractivity contribution in [3.8, 4) is 11.3 Å². The van der Waals surface area contributed by atoms with E-state index in [-0.39, 0.29) is 0 Å². The van der Waals surface area contributed by atoms with Gasteiger partial charge in [0, 0.05) is 24.2 Å². The van der Waals surface area contributed by atoms with Crippen LogP contribution in [-0.4, -0.2) is 9.97 Å². The summed E-state index contributed by atoms with van der Waals surface area (Å²) in [5, 5.41) is 0. The molecule has 0 aromatic carbocycles. The Hall–Kier alpha value is -1.70. The van der Waals surface area contributed by atoms with Crippen LogP contribution in [0.1, 0.15) is 25.3 Å². The van der Waals surface area contributed by atoms with E-state index in [0.29, 0.717) is 5.92 Å². The Morgan fingerprint density at radius 2 is 2.00 bits per heavy atom. The van der Waals surface area contributed by atoms with Gasteiger partial charge in [-0.3, -0.25) is 9.97 Å². The van der Waals surface area contributed by atoms with Gasteiger partial charge in [-0.15, -0.1) is 0 Å². The maximum absolute atomic E-state index is 4.35. The van der Waals surface area contributed by atoms with Gasteiger partial charge in [0.25, 0.3) is 0 Å². The highest BCUT2D eigenvalue weighted by Crippen LogP contribution is 2.20. The average molecular weight is 198 g/mol. The molecule has 0 aliphatic rings. The standard InChI is InChI=1S/C13H14N2/c1-10(2)11-5-7-15-13(8-11)12-4-3-6-14-9-12/h3-10H,1-2H3. The van der Waals surface area contributed by atoms with Crippen LogP contribution in [-0.2, 0) is 0 Å². The van der Waals surface area contributed by atoms with Gasteiger partial charge in [-0.25, -0.2) is 0 Å². The van der Waals surface area contributed by atoms with Crippen LogP contribution in [0.25, 0.3) is 11.3 Å².